The van der Waals surface area contributed by atoms with Gasteiger partial charge in [0.25, 0.3) is 5.91 Å². The molecule has 2 aromatic carbocycles. The van der Waals surface area contributed by atoms with Crippen LogP contribution in [-0.2, 0) is 11.0 Å². The minimum absolute atomic E-state index is 0.0729. The first-order chi connectivity index (χ1) is 20.0. The number of nitrogens with zero attached hydrogens (tertiary/aromatic N) is 3. The molecule has 0 atom stereocenters. The van der Waals surface area contributed by atoms with Crippen molar-refractivity contribution >= 4 is 17.6 Å². The summed E-state index contributed by atoms with van der Waals surface area (Å²) >= 11 is 0. The number of aliphatic carboxylic acids is 1. The molecule has 0 bridgehead atoms. The lowest BCUT2D eigenvalue weighted by Crippen LogP contribution is -2.48. The van der Waals surface area contributed by atoms with Gasteiger partial charge in [-0.2, -0.15) is 26.3 Å². The third-order valence-corrected chi connectivity index (χ3v) is 7.32. The largest absolute Gasteiger partial charge is 0.494 e. The second-order valence-electron chi connectivity index (χ2n) is 11.4. The van der Waals surface area contributed by atoms with Crippen molar-refractivity contribution in [1.82, 2.24) is 9.80 Å². The number of carbonyl (C=O) groups excluding carboxylic acids is 1. The Morgan fingerprint density at radius 3 is 2.12 bits per heavy atom. The molecule has 0 spiro atoms. The number of hydrogen-bond donors (Lipinski definition) is 1. The first kappa shape index (κ1) is 34.0. The van der Waals surface area contributed by atoms with Gasteiger partial charge in [0.05, 0.1) is 12.2 Å². The van der Waals surface area contributed by atoms with E-state index in [-0.39, 0.29) is 11.5 Å². The molecule has 0 saturated carbocycles. The first-order valence-corrected chi connectivity index (χ1v) is 14.0. The number of carboxylic acids is 1. The molecular formula is C30H37F6N3O4. The Balaban J connectivity index is 0.000000646. The summed E-state index contributed by atoms with van der Waals surface area (Å²) in [4.78, 5) is 28.0. The Hall–Kier alpha value is -3.48. The molecule has 0 radical (unpaired) electrons. The van der Waals surface area contributed by atoms with Crippen LogP contribution in [0.3, 0.4) is 0 Å². The van der Waals surface area contributed by atoms with Crippen molar-refractivity contribution in [3.63, 3.8) is 0 Å². The summed E-state index contributed by atoms with van der Waals surface area (Å²) in [6.07, 6.45) is -5.98. The van der Waals surface area contributed by atoms with E-state index in [0.717, 1.165) is 43.1 Å². The number of rotatable bonds is 7. The number of carboxylic acid groups (broad SMARTS) is 1. The highest BCUT2D eigenvalue weighted by molar-refractivity contribution is 5.94. The number of anilines is 1. The zero-order chi connectivity index (χ0) is 31.8. The van der Waals surface area contributed by atoms with Gasteiger partial charge in [-0.15, -0.1) is 0 Å². The van der Waals surface area contributed by atoms with Crippen molar-refractivity contribution in [2.45, 2.75) is 45.5 Å². The molecule has 0 aliphatic carbocycles. The van der Waals surface area contributed by atoms with E-state index in [9.17, 15) is 31.1 Å². The topological polar surface area (TPSA) is 73.3 Å². The van der Waals surface area contributed by atoms with Crippen LogP contribution in [0, 0.1) is 5.41 Å². The number of halogens is 6. The maximum atomic E-state index is 13.0. The van der Waals surface area contributed by atoms with E-state index in [2.05, 4.69) is 23.6 Å². The highest BCUT2D eigenvalue weighted by Crippen LogP contribution is 2.30. The van der Waals surface area contributed by atoms with Gasteiger partial charge < -0.3 is 24.5 Å². The zero-order valence-corrected chi connectivity index (χ0v) is 24.2. The highest BCUT2D eigenvalue weighted by atomic mass is 19.4. The Morgan fingerprint density at radius 2 is 1.56 bits per heavy atom. The van der Waals surface area contributed by atoms with Crippen LogP contribution in [0.2, 0.25) is 0 Å². The smallest absolute Gasteiger partial charge is 0.490 e. The summed E-state index contributed by atoms with van der Waals surface area (Å²) in [5.74, 6) is -2.28. The second kappa shape index (κ2) is 14.3. The van der Waals surface area contributed by atoms with E-state index in [1.807, 2.05) is 24.3 Å². The van der Waals surface area contributed by atoms with Crippen LogP contribution in [0.25, 0.3) is 0 Å². The van der Waals surface area contributed by atoms with E-state index < -0.39 is 23.9 Å². The summed E-state index contributed by atoms with van der Waals surface area (Å²) in [5, 5.41) is 7.12. The number of piperazine rings is 1. The van der Waals surface area contributed by atoms with E-state index in [4.69, 9.17) is 14.6 Å². The third kappa shape index (κ3) is 10.6. The molecule has 2 heterocycles. The van der Waals surface area contributed by atoms with E-state index in [1.54, 1.807) is 4.90 Å². The monoisotopic (exact) mass is 617 g/mol. The first-order valence-electron chi connectivity index (χ1n) is 14.0. The summed E-state index contributed by atoms with van der Waals surface area (Å²) < 4.78 is 76.6. The normalized spacial score (nSPS) is 17.6. The zero-order valence-electron chi connectivity index (χ0n) is 24.2. The predicted molar refractivity (Wildman–Crippen MR) is 149 cm³/mol. The SMILES string of the molecule is CC1(C)CCCN(CCCOc2ccc(N3CCN(C(=O)c4cccc(C(F)(F)F)c4)CC3)cc2)C1.O=C(O)C(F)(F)F. The highest BCUT2D eigenvalue weighted by Gasteiger charge is 2.38. The van der Waals surface area contributed by atoms with Crippen LogP contribution in [0.5, 0.6) is 5.75 Å². The molecular weight excluding hydrogens is 580 g/mol. The Labute approximate surface area is 247 Å². The number of benzene rings is 2. The minimum Gasteiger partial charge on any atom is -0.494 e. The van der Waals surface area contributed by atoms with Gasteiger partial charge in [0.1, 0.15) is 5.75 Å². The van der Waals surface area contributed by atoms with Crippen LogP contribution >= 0.6 is 0 Å². The number of ether oxygens (including phenoxy) is 1. The van der Waals surface area contributed by atoms with Crippen LogP contribution in [-0.4, -0.2) is 85.4 Å². The number of alkyl halides is 6. The van der Waals surface area contributed by atoms with E-state index in [0.29, 0.717) is 38.2 Å². The van der Waals surface area contributed by atoms with Gasteiger partial charge in [0, 0.05) is 50.5 Å². The molecule has 2 saturated heterocycles. The van der Waals surface area contributed by atoms with Crippen molar-refractivity contribution in [3.8, 4) is 5.75 Å². The maximum absolute atomic E-state index is 13.0. The Morgan fingerprint density at radius 1 is 0.930 bits per heavy atom. The van der Waals surface area contributed by atoms with Crippen molar-refractivity contribution in [1.29, 1.82) is 0 Å². The van der Waals surface area contributed by atoms with Crippen molar-refractivity contribution in [3.05, 3.63) is 59.7 Å². The molecule has 2 aromatic rings. The van der Waals surface area contributed by atoms with Crippen LogP contribution in [0.1, 0.15) is 49.0 Å². The number of hydrogen-bond acceptors (Lipinski definition) is 5. The van der Waals surface area contributed by atoms with E-state index >= 15 is 0 Å². The lowest BCUT2D eigenvalue weighted by Gasteiger charge is -2.38. The van der Waals surface area contributed by atoms with Crippen molar-refractivity contribution in [2.24, 2.45) is 5.41 Å². The molecule has 4 rings (SSSR count). The fraction of sp³-hybridized carbons (Fsp3) is 0.533. The van der Waals surface area contributed by atoms with Crippen LogP contribution in [0.15, 0.2) is 48.5 Å². The summed E-state index contributed by atoms with van der Waals surface area (Å²) in [6.45, 7) is 10.9. The molecule has 43 heavy (non-hydrogen) atoms. The molecule has 0 aromatic heterocycles. The van der Waals surface area contributed by atoms with E-state index in [1.165, 1.54) is 31.5 Å². The average Bonchev–Trinajstić information content (AvgIpc) is 2.94. The fourth-order valence-corrected chi connectivity index (χ4v) is 5.15. The Kier molecular flexibility index (Phi) is 11.3. The number of piperidine rings is 1. The lowest BCUT2D eigenvalue weighted by molar-refractivity contribution is -0.192. The minimum atomic E-state index is -5.08. The van der Waals surface area contributed by atoms with Gasteiger partial charge in [-0.25, -0.2) is 4.79 Å². The average molecular weight is 618 g/mol. The van der Waals surface area contributed by atoms with Crippen molar-refractivity contribution < 1.29 is 45.8 Å². The molecule has 238 valence electrons. The van der Waals surface area contributed by atoms with Gasteiger partial charge in [0.2, 0.25) is 0 Å². The summed E-state index contributed by atoms with van der Waals surface area (Å²) in [5.41, 5.74) is 0.726. The standard InChI is InChI=1S/C28H36F3N3O2.C2HF3O2/c1-27(2)12-4-13-32(21-27)14-5-19-36-25-10-8-24(9-11-25)33-15-17-34(18-16-33)26(35)22-6-3-7-23(20-22)28(29,30)31;3-2(4,5)1(6)7/h3,6-11,20H,4-5,12-19,21H2,1-2H3;(H,6,7). The molecule has 0 unspecified atom stereocenters. The lowest BCUT2D eigenvalue weighted by atomic mass is 9.84. The van der Waals surface area contributed by atoms with Crippen LogP contribution < -0.4 is 9.64 Å². The Bertz CT molecular complexity index is 1210. The van der Waals surface area contributed by atoms with Gasteiger partial charge >= 0.3 is 18.3 Å². The fourth-order valence-electron chi connectivity index (χ4n) is 5.15. The third-order valence-electron chi connectivity index (χ3n) is 7.32. The van der Waals surface area contributed by atoms with Gasteiger partial charge in [-0.05, 0) is 73.7 Å². The molecule has 7 nitrogen and oxygen atoms in total. The molecule has 13 heteroatoms. The molecule has 1 amide bonds. The molecule has 2 fully saturated rings. The van der Waals surface area contributed by atoms with Gasteiger partial charge in [0.15, 0.2) is 0 Å². The molecule has 2 aliphatic heterocycles. The summed E-state index contributed by atoms with van der Waals surface area (Å²) in [6, 6.07) is 12.6. The number of carbonyl (C=O) groups is 2. The van der Waals surface area contributed by atoms with Gasteiger partial charge in [-0.1, -0.05) is 19.9 Å². The maximum Gasteiger partial charge on any atom is 0.490 e. The number of amides is 1. The van der Waals surface area contributed by atoms with Gasteiger partial charge in [-0.3, -0.25) is 4.79 Å². The quantitative estimate of drug-likeness (QED) is 0.295. The summed E-state index contributed by atoms with van der Waals surface area (Å²) in [7, 11) is 0. The number of likely N-dealkylation sites (tertiary alicyclic amines) is 1. The predicted octanol–water partition coefficient (Wildman–Crippen LogP) is 6.19. The molecule has 1 N–H and O–H groups in total. The van der Waals surface area contributed by atoms with Crippen molar-refractivity contribution in [2.75, 3.05) is 57.3 Å². The molecule has 2 aliphatic rings. The van der Waals surface area contributed by atoms with Crippen LogP contribution in [0.4, 0.5) is 32.0 Å². The second-order valence-corrected chi connectivity index (χ2v) is 11.4.